The molecule has 0 radical (unpaired) electrons. The van der Waals surface area contributed by atoms with Crippen LogP contribution in [0.2, 0.25) is 0 Å². The monoisotopic (exact) mass is 271 g/mol. The van der Waals surface area contributed by atoms with Gasteiger partial charge in [0.05, 0.1) is 7.11 Å². The van der Waals surface area contributed by atoms with Gasteiger partial charge < -0.3 is 14.8 Å². The molecule has 0 fully saturated rings. The number of hydrogen-bond acceptors (Lipinski definition) is 3. The zero-order chi connectivity index (χ0) is 14.4. The van der Waals surface area contributed by atoms with E-state index in [0.717, 1.165) is 23.7 Å². The van der Waals surface area contributed by atoms with Crippen molar-refractivity contribution >= 4 is 5.69 Å². The summed E-state index contributed by atoms with van der Waals surface area (Å²) in [7, 11) is 1.67. The van der Waals surface area contributed by atoms with Crippen molar-refractivity contribution in [1.29, 1.82) is 0 Å². The molecule has 1 N–H and O–H groups in total. The van der Waals surface area contributed by atoms with Gasteiger partial charge in [0, 0.05) is 12.2 Å². The van der Waals surface area contributed by atoms with E-state index in [9.17, 15) is 0 Å². The molecule has 0 bridgehead atoms. The van der Waals surface area contributed by atoms with E-state index in [-0.39, 0.29) is 0 Å². The smallest absolute Gasteiger partial charge is 0.119 e. The summed E-state index contributed by atoms with van der Waals surface area (Å²) in [6.45, 7) is 5.59. The van der Waals surface area contributed by atoms with Gasteiger partial charge in [-0.25, -0.2) is 0 Å². The molecule has 0 saturated carbocycles. The Morgan fingerprint density at radius 1 is 0.900 bits per heavy atom. The predicted octanol–water partition coefficient (Wildman–Crippen LogP) is 3.80. The number of anilines is 1. The molecule has 0 aromatic heterocycles. The van der Waals surface area contributed by atoms with Gasteiger partial charge in [-0.1, -0.05) is 6.07 Å². The molecule has 0 amide bonds. The zero-order valence-electron chi connectivity index (χ0n) is 12.3. The topological polar surface area (TPSA) is 30.5 Å². The summed E-state index contributed by atoms with van der Waals surface area (Å²) in [5.74, 6) is 1.78. The van der Waals surface area contributed by atoms with E-state index in [2.05, 4.69) is 31.3 Å². The average molecular weight is 271 g/mol. The molecule has 0 heterocycles. The molecule has 0 unspecified atom stereocenters. The number of rotatable bonds is 6. The van der Waals surface area contributed by atoms with Gasteiger partial charge in [0.1, 0.15) is 18.1 Å². The van der Waals surface area contributed by atoms with Crippen molar-refractivity contribution in [1.82, 2.24) is 0 Å². The van der Waals surface area contributed by atoms with Crippen LogP contribution in [0.25, 0.3) is 0 Å². The van der Waals surface area contributed by atoms with Crippen molar-refractivity contribution in [2.24, 2.45) is 0 Å². The van der Waals surface area contributed by atoms with Gasteiger partial charge >= 0.3 is 0 Å². The molecule has 2 aromatic carbocycles. The van der Waals surface area contributed by atoms with Crippen LogP contribution in [0.1, 0.15) is 11.1 Å². The molecular weight excluding hydrogens is 250 g/mol. The van der Waals surface area contributed by atoms with E-state index in [0.29, 0.717) is 6.61 Å². The Labute approximate surface area is 120 Å². The third-order valence-corrected chi connectivity index (χ3v) is 3.27. The fourth-order valence-electron chi connectivity index (χ4n) is 1.88. The lowest BCUT2D eigenvalue weighted by atomic mass is 10.1. The highest BCUT2D eigenvalue weighted by molar-refractivity contribution is 5.46. The van der Waals surface area contributed by atoms with Crippen molar-refractivity contribution in [3.8, 4) is 11.5 Å². The van der Waals surface area contributed by atoms with Crippen LogP contribution >= 0.6 is 0 Å². The third kappa shape index (κ3) is 3.92. The highest BCUT2D eigenvalue weighted by Crippen LogP contribution is 2.17. The molecule has 0 atom stereocenters. The number of methoxy groups -OCH3 is 1. The average Bonchev–Trinajstić information content (AvgIpc) is 2.48. The van der Waals surface area contributed by atoms with Crippen LogP contribution in [-0.4, -0.2) is 20.3 Å². The molecular formula is C17H21NO2. The van der Waals surface area contributed by atoms with Gasteiger partial charge in [-0.2, -0.15) is 0 Å². The Kier molecular flexibility index (Phi) is 4.88. The zero-order valence-corrected chi connectivity index (χ0v) is 12.3. The molecule has 106 valence electrons. The molecule has 2 aromatic rings. The lowest BCUT2D eigenvalue weighted by Gasteiger charge is -2.10. The van der Waals surface area contributed by atoms with Crippen LogP contribution in [0.3, 0.4) is 0 Å². The Hall–Kier alpha value is -2.16. The summed E-state index contributed by atoms with van der Waals surface area (Å²) in [5, 5.41) is 3.31. The highest BCUT2D eigenvalue weighted by atomic mass is 16.5. The first kappa shape index (κ1) is 14.3. The van der Waals surface area contributed by atoms with E-state index in [1.165, 1.54) is 11.1 Å². The number of ether oxygens (including phenoxy) is 2. The van der Waals surface area contributed by atoms with Crippen molar-refractivity contribution in [2.45, 2.75) is 13.8 Å². The minimum absolute atomic E-state index is 0.633. The first-order valence-electron chi connectivity index (χ1n) is 6.77. The standard InChI is InChI=1S/C17H21NO2/c1-13-4-7-17(12-14(13)2)20-11-10-18-15-5-8-16(19-3)9-6-15/h4-9,12,18H,10-11H2,1-3H3. The van der Waals surface area contributed by atoms with Crippen LogP contribution in [0.15, 0.2) is 42.5 Å². The fourth-order valence-corrected chi connectivity index (χ4v) is 1.88. The predicted molar refractivity (Wildman–Crippen MR) is 82.9 cm³/mol. The van der Waals surface area contributed by atoms with Crippen molar-refractivity contribution in [3.05, 3.63) is 53.6 Å². The second-order valence-corrected chi connectivity index (χ2v) is 4.75. The Morgan fingerprint density at radius 2 is 1.60 bits per heavy atom. The number of benzene rings is 2. The summed E-state index contributed by atoms with van der Waals surface area (Å²) in [5.41, 5.74) is 3.61. The first-order chi connectivity index (χ1) is 9.69. The molecule has 0 spiro atoms. The molecule has 20 heavy (non-hydrogen) atoms. The molecule has 0 aliphatic carbocycles. The van der Waals surface area contributed by atoms with E-state index in [1.807, 2.05) is 30.3 Å². The van der Waals surface area contributed by atoms with Gasteiger partial charge in [0.25, 0.3) is 0 Å². The largest absolute Gasteiger partial charge is 0.497 e. The van der Waals surface area contributed by atoms with Crippen LogP contribution in [0.4, 0.5) is 5.69 Å². The maximum Gasteiger partial charge on any atom is 0.119 e. The molecule has 0 saturated heterocycles. The minimum Gasteiger partial charge on any atom is -0.497 e. The molecule has 0 aliphatic heterocycles. The number of nitrogens with one attached hydrogen (secondary N) is 1. The summed E-state index contributed by atoms with van der Waals surface area (Å²) in [6.07, 6.45) is 0. The van der Waals surface area contributed by atoms with Gasteiger partial charge in [0.2, 0.25) is 0 Å². The number of hydrogen-bond donors (Lipinski definition) is 1. The highest BCUT2D eigenvalue weighted by Gasteiger charge is 1.98. The lowest BCUT2D eigenvalue weighted by Crippen LogP contribution is -2.11. The Balaban J connectivity index is 1.76. The van der Waals surface area contributed by atoms with E-state index < -0.39 is 0 Å². The van der Waals surface area contributed by atoms with E-state index in [1.54, 1.807) is 7.11 Å². The SMILES string of the molecule is COc1ccc(NCCOc2ccc(C)c(C)c2)cc1. The van der Waals surface area contributed by atoms with Gasteiger partial charge in [-0.05, 0) is 61.4 Å². The van der Waals surface area contributed by atoms with Crippen molar-refractivity contribution in [2.75, 3.05) is 25.6 Å². The maximum absolute atomic E-state index is 5.72. The van der Waals surface area contributed by atoms with Gasteiger partial charge in [0.15, 0.2) is 0 Å². The maximum atomic E-state index is 5.72. The van der Waals surface area contributed by atoms with Gasteiger partial charge in [-0.15, -0.1) is 0 Å². The Bertz CT molecular complexity index is 549. The summed E-state index contributed by atoms with van der Waals surface area (Å²) >= 11 is 0. The van der Waals surface area contributed by atoms with Crippen molar-refractivity contribution in [3.63, 3.8) is 0 Å². The quantitative estimate of drug-likeness (QED) is 0.811. The summed E-state index contributed by atoms with van der Waals surface area (Å²) < 4.78 is 10.8. The van der Waals surface area contributed by atoms with E-state index in [4.69, 9.17) is 9.47 Å². The van der Waals surface area contributed by atoms with Crippen LogP contribution in [0.5, 0.6) is 11.5 Å². The minimum atomic E-state index is 0.633. The normalized spacial score (nSPS) is 10.2. The second kappa shape index (κ2) is 6.85. The molecule has 0 aliphatic rings. The third-order valence-electron chi connectivity index (χ3n) is 3.27. The second-order valence-electron chi connectivity index (χ2n) is 4.75. The fraction of sp³-hybridized carbons (Fsp3) is 0.294. The Morgan fingerprint density at radius 3 is 2.25 bits per heavy atom. The van der Waals surface area contributed by atoms with Crippen LogP contribution in [-0.2, 0) is 0 Å². The lowest BCUT2D eigenvalue weighted by molar-refractivity contribution is 0.332. The van der Waals surface area contributed by atoms with E-state index >= 15 is 0 Å². The summed E-state index contributed by atoms with van der Waals surface area (Å²) in [4.78, 5) is 0. The molecule has 3 heteroatoms. The summed E-state index contributed by atoms with van der Waals surface area (Å²) in [6, 6.07) is 14.0. The molecule has 3 nitrogen and oxygen atoms in total. The van der Waals surface area contributed by atoms with Crippen molar-refractivity contribution < 1.29 is 9.47 Å². The first-order valence-corrected chi connectivity index (χ1v) is 6.77. The van der Waals surface area contributed by atoms with Crippen LogP contribution in [0, 0.1) is 13.8 Å². The van der Waals surface area contributed by atoms with Gasteiger partial charge in [-0.3, -0.25) is 0 Å². The van der Waals surface area contributed by atoms with Crippen LogP contribution < -0.4 is 14.8 Å². The number of aryl methyl sites for hydroxylation is 2. The molecule has 2 rings (SSSR count).